The highest BCUT2D eigenvalue weighted by molar-refractivity contribution is 7.89. The first-order valence-electron chi connectivity index (χ1n) is 7.90. The number of ether oxygens (including phenoxy) is 1. The molecule has 26 heavy (non-hydrogen) atoms. The lowest BCUT2D eigenvalue weighted by Gasteiger charge is -2.15. The van der Waals surface area contributed by atoms with E-state index >= 15 is 0 Å². The predicted octanol–water partition coefficient (Wildman–Crippen LogP) is 2.28. The van der Waals surface area contributed by atoms with E-state index in [2.05, 4.69) is 15.5 Å². The Hall–Kier alpha value is -2.97. The third-order valence-electron chi connectivity index (χ3n) is 3.62. The van der Waals surface area contributed by atoms with Crippen LogP contribution in [0, 0.1) is 0 Å². The maximum atomic E-state index is 12.2. The molecule has 0 radical (unpaired) electrons. The van der Waals surface area contributed by atoms with Gasteiger partial charge in [0.1, 0.15) is 17.3 Å². The van der Waals surface area contributed by atoms with Gasteiger partial charge in [-0.2, -0.15) is 10.2 Å². The van der Waals surface area contributed by atoms with Gasteiger partial charge < -0.3 is 10.1 Å². The molecule has 3 N–H and O–H groups in total. The van der Waals surface area contributed by atoms with Crippen molar-refractivity contribution in [3.63, 3.8) is 0 Å². The lowest BCUT2D eigenvalue weighted by molar-refractivity contribution is 0.324. The summed E-state index contributed by atoms with van der Waals surface area (Å²) in [4.78, 5) is -0.0169. The second kappa shape index (κ2) is 7.94. The van der Waals surface area contributed by atoms with Gasteiger partial charge in [-0.1, -0.05) is 42.5 Å². The number of rotatable bonds is 7. The van der Waals surface area contributed by atoms with Crippen LogP contribution in [-0.2, 0) is 10.0 Å². The molecule has 2 aromatic carbocycles. The highest BCUT2D eigenvalue weighted by atomic mass is 32.2. The first-order valence-corrected chi connectivity index (χ1v) is 9.45. The number of hydrogen-bond donors (Lipinski definition) is 2. The van der Waals surface area contributed by atoms with Crippen molar-refractivity contribution in [2.24, 2.45) is 5.14 Å². The Kier molecular flexibility index (Phi) is 5.45. The Morgan fingerprint density at radius 2 is 1.81 bits per heavy atom. The monoisotopic (exact) mass is 370 g/mol. The molecule has 0 aliphatic rings. The van der Waals surface area contributed by atoms with E-state index in [9.17, 15) is 8.42 Å². The van der Waals surface area contributed by atoms with Crippen LogP contribution < -0.4 is 15.2 Å². The minimum Gasteiger partial charge on any atom is -0.490 e. The fourth-order valence-electron chi connectivity index (χ4n) is 2.52. The molecule has 0 aliphatic carbocycles. The van der Waals surface area contributed by atoms with Crippen LogP contribution in [0.1, 0.15) is 0 Å². The number of nitrogens with two attached hydrogens (primary N) is 1. The normalized spacial score (nSPS) is 11.1. The summed E-state index contributed by atoms with van der Waals surface area (Å²) in [7, 11) is -3.97. The van der Waals surface area contributed by atoms with E-state index in [1.807, 2.05) is 30.3 Å². The highest BCUT2D eigenvalue weighted by Crippen LogP contribution is 2.33. The zero-order valence-corrected chi connectivity index (χ0v) is 14.7. The average molecular weight is 370 g/mol. The number of hydrogen-bond acceptors (Lipinski definition) is 6. The molecule has 0 amide bonds. The van der Waals surface area contributed by atoms with Crippen LogP contribution in [0.25, 0.3) is 11.1 Å². The van der Waals surface area contributed by atoms with Gasteiger partial charge >= 0.3 is 0 Å². The summed E-state index contributed by atoms with van der Waals surface area (Å²) in [5.41, 5.74) is 2.06. The number of nitrogens with zero attached hydrogens (tertiary/aromatic N) is 2. The number of primary sulfonamides is 1. The van der Waals surface area contributed by atoms with Crippen LogP contribution in [0.5, 0.6) is 5.75 Å². The van der Waals surface area contributed by atoms with E-state index < -0.39 is 10.0 Å². The van der Waals surface area contributed by atoms with Crippen molar-refractivity contribution >= 4 is 15.7 Å². The average Bonchev–Trinajstić information content (AvgIpc) is 2.66. The van der Waals surface area contributed by atoms with Gasteiger partial charge in [0.2, 0.25) is 10.0 Å². The predicted molar refractivity (Wildman–Crippen MR) is 99.3 cm³/mol. The minimum atomic E-state index is -3.97. The van der Waals surface area contributed by atoms with E-state index in [0.29, 0.717) is 12.1 Å². The fraction of sp³-hybridized carbons (Fsp3) is 0.111. The zero-order chi connectivity index (χ0) is 18.4. The van der Waals surface area contributed by atoms with Gasteiger partial charge in [0.15, 0.2) is 0 Å². The summed E-state index contributed by atoms with van der Waals surface area (Å²) in [5, 5.41) is 16.0. The molecule has 1 aromatic heterocycles. The molecule has 0 spiro atoms. The van der Waals surface area contributed by atoms with E-state index in [0.717, 1.165) is 11.3 Å². The molecule has 8 heteroatoms. The number of nitrogens with one attached hydrogen (secondary N) is 1. The van der Waals surface area contributed by atoms with E-state index in [-0.39, 0.29) is 17.3 Å². The van der Waals surface area contributed by atoms with E-state index in [4.69, 9.17) is 9.88 Å². The van der Waals surface area contributed by atoms with Crippen LogP contribution in [0.15, 0.2) is 71.9 Å². The van der Waals surface area contributed by atoms with Crippen LogP contribution in [-0.4, -0.2) is 31.8 Å². The summed E-state index contributed by atoms with van der Waals surface area (Å²) < 4.78 is 30.0. The Morgan fingerprint density at radius 3 is 2.50 bits per heavy atom. The maximum Gasteiger partial charge on any atom is 0.242 e. The minimum absolute atomic E-state index is 0.0169. The first kappa shape index (κ1) is 17.8. The van der Waals surface area contributed by atoms with Crippen LogP contribution in [0.3, 0.4) is 0 Å². The van der Waals surface area contributed by atoms with Crippen molar-refractivity contribution in [1.29, 1.82) is 0 Å². The van der Waals surface area contributed by atoms with E-state index in [1.165, 1.54) is 0 Å². The standard InChI is InChI=1S/C18H18N4O3S/c19-26(23,24)18-16(14-5-2-1-3-6-14)7-4-8-17(18)25-12-11-20-15-9-10-21-22-13-15/h1-10,13H,11-12H2,(H,20,21)(H2,19,23,24). The van der Waals surface area contributed by atoms with Gasteiger partial charge in [-0.25, -0.2) is 13.6 Å². The Balaban J connectivity index is 1.81. The summed E-state index contributed by atoms with van der Waals surface area (Å²) in [5.74, 6) is 0.225. The summed E-state index contributed by atoms with van der Waals surface area (Å²) in [6, 6.07) is 16.0. The summed E-state index contributed by atoms with van der Waals surface area (Å²) >= 11 is 0. The number of aromatic nitrogens is 2. The molecule has 0 aliphatic heterocycles. The van der Waals surface area contributed by atoms with Gasteiger partial charge in [-0.3, -0.25) is 0 Å². The third-order valence-corrected chi connectivity index (χ3v) is 4.61. The van der Waals surface area contributed by atoms with Gasteiger partial charge in [-0.05, 0) is 17.7 Å². The zero-order valence-electron chi connectivity index (χ0n) is 13.9. The molecule has 0 fully saturated rings. The molecule has 0 saturated carbocycles. The molecule has 0 unspecified atom stereocenters. The SMILES string of the molecule is NS(=O)(=O)c1c(OCCNc2ccnnc2)cccc1-c1ccccc1. The number of benzene rings is 2. The van der Waals surface area contributed by atoms with Crippen molar-refractivity contribution in [2.45, 2.75) is 4.90 Å². The molecule has 134 valence electrons. The van der Waals surface area contributed by atoms with Gasteiger partial charge in [0.25, 0.3) is 0 Å². The molecule has 3 rings (SSSR count). The lowest BCUT2D eigenvalue weighted by Crippen LogP contribution is -2.17. The summed E-state index contributed by atoms with van der Waals surface area (Å²) in [6.45, 7) is 0.717. The van der Waals surface area contributed by atoms with Crippen molar-refractivity contribution in [2.75, 3.05) is 18.5 Å². The van der Waals surface area contributed by atoms with Crippen LogP contribution >= 0.6 is 0 Å². The third kappa shape index (κ3) is 4.35. The van der Waals surface area contributed by atoms with Gasteiger partial charge in [-0.15, -0.1) is 0 Å². The molecular formula is C18H18N4O3S. The van der Waals surface area contributed by atoms with Crippen LogP contribution in [0.4, 0.5) is 5.69 Å². The second-order valence-corrected chi connectivity index (χ2v) is 6.95. The number of anilines is 1. The molecule has 0 atom stereocenters. The van der Waals surface area contributed by atoms with E-state index in [1.54, 1.807) is 36.7 Å². The Labute approximate surface area is 151 Å². The van der Waals surface area contributed by atoms with Gasteiger partial charge in [0, 0.05) is 12.1 Å². The maximum absolute atomic E-state index is 12.2. The van der Waals surface area contributed by atoms with Crippen molar-refractivity contribution in [1.82, 2.24) is 10.2 Å². The van der Waals surface area contributed by atoms with Crippen molar-refractivity contribution < 1.29 is 13.2 Å². The lowest BCUT2D eigenvalue weighted by atomic mass is 10.1. The molecular weight excluding hydrogens is 352 g/mol. The Bertz CT molecular complexity index is 964. The second-order valence-electron chi connectivity index (χ2n) is 5.45. The highest BCUT2D eigenvalue weighted by Gasteiger charge is 2.21. The molecule has 0 saturated heterocycles. The quantitative estimate of drug-likeness (QED) is 0.618. The van der Waals surface area contributed by atoms with Crippen LogP contribution in [0.2, 0.25) is 0 Å². The summed E-state index contributed by atoms with van der Waals surface area (Å²) in [6.07, 6.45) is 3.16. The molecule has 3 aromatic rings. The smallest absolute Gasteiger partial charge is 0.242 e. The van der Waals surface area contributed by atoms with Gasteiger partial charge in [0.05, 0.1) is 18.1 Å². The molecule has 1 heterocycles. The molecule has 7 nitrogen and oxygen atoms in total. The van der Waals surface area contributed by atoms with Crippen molar-refractivity contribution in [3.8, 4) is 16.9 Å². The largest absolute Gasteiger partial charge is 0.490 e. The fourth-order valence-corrected chi connectivity index (χ4v) is 3.42. The number of sulfonamides is 1. The topological polar surface area (TPSA) is 107 Å². The first-order chi connectivity index (χ1) is 12.6. The molecule has 0 bridgehead atoms. The van der Waals surface area contributed by atoms with Crippen molar-refractivity contribution in [3.05, 3.63) is 67.0 Å². The Morgan fingerprint density at radius 1 is 1.00 bits per heavy atom.